The lowest BCUT2D eigenvalue weighted by Gasteiger charge is -2.22. The Hall–Kier alpha value is -3.03. The molecule has 1 aromatic carbocycles. The summed E-state index contributed by atoms with van der Waals surface area (Å²) < 4.78 is 1.44. The molecule has 0 bridgehead atoms. The van der Waals surface area contributed by atoms with Gasteiger partial charge in [0.15, 0.2) is 11.6 Å². The van der Waals surface area contributed by atoms with Crippen molar-refractivity contribution >= 4 is 29.2 Å². The van der Waals surface area contributed by atoms with Crippen LogP contribution in [0.4, 0.5) is 11.6 Å². The number of nitrogens with one attached hydrogen (secondary N) is 2. The lowest BCUT2D eigenvalue weighted by molar-refractivity contribution is -0.125. The van der Waals surface area contributed by atoms with E-state index < -0.39 is 6.04 Å². The van der Waals surface area contributed by atoms with Crippen molar-refractivity contribution in [2.45, 2.75) is 32.7 Å². The minimum absolute atomic E-state index is 0.00310. The molecule has 24 heavy (non-hydrogen) atoms. The van der Waals surface area contributed by atoms with Crippen molar-refractivity contribution in [1.82, 2.24) is 14.8 Å². The highest BCUT2D eigenvalue weighted by atomic mass is 16.2. The maximum atomic E-state index is 12.5. The van der Waals surface area contributed by atoms with Gasteiger partial charge in [-0.15, -0.1) is 0 Å². The molecule has 8 nitrogen and oxygen atoms in total. The molecule has 1 aliphatic heterocycles. The van der Waals surface area contributed by atoms with Gasteiger partial charge < -0.3 is 5.32 Å². The predicted molar refractivity (Wildman–Crippen MR) is 86.8 cm³/mol. The van der Waals surface area contributed by atoms with Crippen molar-refractivity contribution in [3.8, 4) is 0 Å². The molecule has 0 fully saturated rings. The van der Waals surface area contributed by atoms with Crippen LogP contribution in [0.3, 0.4) is 0 Å². The minimum Gasteiger partial charge on any atom is -0.324 e. The highest BCUT2D eigenvalue weighted by molar-refractivity contribution is 6.01. The summed E-state index contributed by atoms with van der Waals surface area (Å²) in [7, 11) is 0. The third-order valence-corrected chi connectivity index (χ3v) is 3.78. The monoisotopic (exact) mass is 327 g/mol. The Morgan fingerprint density at radius 3 is 2.67 bits per heavy atom. The molecule has 124 valence electrons. The first kappa shape index (κ1) is 15.9. The summed E-state index contributed by atoms with van der Waals surface area (Å²) in [6.07, 6.45) is 0.605. The lowest BCUT2D eigenvalue weighted by atomic mass is 10.1. The Labute approximate surface area is 138 Å². The summed E-state index contributed by atoms with van der Waals surface area (Å²) in [5.41, 5.74) is 1.12. The van der Waals surface area contributed by atoms with E-state index in [9.17, 15) is 14.4 Å². The van der Waals surface area contributed by atoms with E-state index in [4.69, 9.17) is 0 Å². The number of benzene rings is 1. The third-order valence-electron chi connectivity index (χ3n) is 3.78. The van der Waals surface area contributed by atoms with Crippen LogP contribution in [0.25, 0.3) is 0 Å². The number of ketones is 1. The number of rotatable bonds is 4. The largest absolute Gasteiger partial charge is 0.324 e. The van der Waals surface area contributed by atoms with Crippen molar-refractivity contribution in [2.75, 3.05) is 10.6 Å². The van der Waals surface area contributed by atoms with Crippen LogP contribution < -0.4 is 10.6 Å². The fourth-order valence-corrected chi connectivity index (χ4v) is 2.48. The summed E-state index contributed by atoms with van der Waals surface area (Å²) in [5, 5.41) is 9.63. The van der Waals surface area contributed by atoms with Crippen LogP contribution in [-0.2, 0) is 16.0 Å². The van der Waals surface area contributed by atoms with E-state index in [0.717, 1.165) is 0 Å². The van der Waals surface area contributed by atoms with Crippen molar-refractivity contribution in [3.63, 3.8) is 0 Å². The molecule has 0 saturated carbocycles. The molecular formula is C16H17N5O3. The highest BCUT2D eigenvalue weighted by Crippen LogP contribution is 2.24. The first-order chi connectivity index (χ1) is 11.5. The molecule has 8 heteroatoms. The lowest BCUT2D eigenvalue weighted by Crippen LogP contribution is -2.36. The van der Waals surface area contributed by atoms with Crippen LogP contribution in [0.5, 0.6) is 0 Å². The molecule has 0 saturated heterocycles. The summed E-state index contributed by atoms with van der Waals surface area (Å²) in [6, 6.07) is 5.83. The smallest absolute Gasteiger partial charge is 0.249 e. The van der Waals surface area contributed by atoms with Crippen molar-refractivity contribution in [1.29, 1.82) is 0 Å². The number of hydrogen-bond acceptors (Lipinski definition) is 5. The van der Waals surface area contributed by atoms with Crippen molar-refractivity contribution in [2.24, 2.45) is 0 Å². The zero-order valence-electron chi connectivity index (χ0n) is 13.4. The molecular weight excluding hydrogens is 310 g/mol. The second-order valence-electron chi connectivity index (χ2n) is 5.54. The van der Waals surface area contributed by atoms with Gasteiger partial charge in [-0.1, -0.05) is 6.92 Å². The average Bonchev–Trinajstić information content (AvgIpc) is 2.97. The Morgan fingerprint density at radius 1 is 1.33 bits per heavy atom. The number of aryl methyl sites for hydroxylation is 1. The van der Waals surface area contributed by atoms with Gasteiger partial charge in [-0.05, 0) is 31.2 Å². The molecule has 0 unspecified atom stereocenters. The van der Waals surface area contributed by atoms with E-state index in [0.29, 0.717) is 23.5 Å². The summed E-state index contributed by atoms with van der Waals surface area (Å²) >= 11 is 0. The fourth-order valence-electron chi connectivity index (χ4n) is 2.48. The number of hydrogen-bond donors (Lipinski definition) is 2. The zero-order chi connectivity index (χ0) is 17.3. The molecule has 0 spiro atoms. The quantitative estimate of drug-likeness (QED) is 0.829. The fraction of sp³-hybridized carbons (Fsp3) is 0.312. The number of Topliss-reactive ketones (excluding diaryl/α,β-unsaturated/α-hetero) is 1. The number of nitrogens with zero attached hydrogens (tertiary/aromatic N) is 3. The van der Waals surface area contributed by atoms with Gasteiger partial charge in [0.25, 0.3) is 0 Å². The summed E-state index contributed by atoms with van der Waals surface area (Å²) in [6.45, 7) is 3.38. The van der Waals surface area contributed by atoms with Gasteiger partial charge in [-0.2, -0.15) is 10.1 Å². The molecule has 2 aromatic rings. The number of anilines is 2. The molecule has 1 atom stereocenters. The first-order valence-electron chi connectivity index (χ1n) is 7.65. The number of carbonyl (C=O) groups is 3. The number of aromatic nitrogens is 3. The molecule has 0 radical (unpaired) electrons. The molecule has 1 aliphatic rings. The maximum Gasteiger partial charge on any atom is 0.249 e. The number of carbonyl (C=O) groups excluding carboxylic acids is 3. The third kappa shape index (κ3) is 3.03. The molecule has 2 heterocycles. The SMILES string of the molecule is CCc1nc2n(n1)[C@@H](C(=O)Nc1ccc(C(C)=O)cc1)CC(=O)N2. The zero-order valence-corrected chi connectivity index (χ0v) is 13.4. The highest BCUT2D eigenvalue weighted by Gasteiger charge is 2.32. The molecule has 2 N–H and O–H groups in total. The second-order valence-corrected chi connectivity index (χ2v) is 5.54. The Balaban J connectivity index is 1.81. The van der Waals surface area contributed by atoms with Crippen LogP contribution in [0, 0.1) is 0 Å². The Bertz CT molecular complexity index is 810. The van der Waals surface area contributed by atoms with Gasteiger partial charge in [0.2, 0.25) is 17.8 Å². The first-order valence-corrected chi connectivity index (χ1v) is 7.65. The molecule has 3 rings (SSSR count). The number of amides is 2. The van der Waals surface area contributed by atoms with Gasteiger partial charge >= 0.3 is 0 Å². The van der Waals surface area contributed by atoms with Crippen LogP contribution in [0.15, 0.2) is 24.3 Å². The van der Waals surface area contributed by atoms with Crippen molar-refractivity contribution in [3.05, 3.63) is 35.7 Å². The van der Waals surface area contributed by atoms with Gasteiger partial charge in [0.1, 0.15) is 6.04 Å². The molecule has 0 aliphatic carbocycles. The van der Waals surface area contributed by atoms with E-state index in [-0.39, 0.29) is 30.0 Å². The van der Waals surface area contributed by atoms with E-state index in [1.807, 2.05) is 6.92 Å². The average molecular weight is 327 g/mol. The van der Waals surface area contributed by atoms with Crippen molar-refractivity contribution < 1.29 is 14.4 Å². The Morgan fingerprint density at radius 2 is 2.04 bits per heavy atom. The van der Waals surface area contributed by atoms with E-state index in [2.05, 4.69) is 20.7 Å². The van der Waals surface area contributed by atoms with Crippen LogP contribution in [0.1, 0.15) is 42.5 Å². The van der Waals surface area contributed by atoms with E-state index in [1.54, 1.807) is 24.3 Å². The van der Waals surface area contributed by atoms with Gasteiger partial charge in [-0.3, -0.25) is 19.7 Å². The Kier molecular flexibility index (Phi) is 4.11. The standard InChI is InChI=1S/C16H17N5O3/c1-3-13-18-16-19-14(23)8-12(21(16)20-13)15(24)17-11-6-4-10(5-7-11)9(2)22/h4-7,12H,3,8H2,1-2H3,(H,17,24)(H,18,19,20,23)/t12-/m1/s1. The van der Waals surface area contributed by atoms with E-state index in [1.165, 1.54) is 11.6 Å². The predicted octanol–water partition coefficient (Wildman–Crippen LogP) is 1.57. The second kappa shape index (κ2) is 6.23. The molecule has 1 aromatic heterocycles. The normalized spacial score (nSPS) is 16.2. The van der Waals surface area contributed by atoms with Crippen LogP contribution in [0.2, 0.25) is 0 Å². The minimum atomic E-state index is -0.756. The summed E-state index contributed by atoms with van der Waals surface area (Å²) in [4.78, 5) is 39.8. The van der Waals surface area contributed by atoms with Gasteiger partial charge in [0, 0.05) is 17.7 Å². The maximum absolute atomic E-state index is 12.5. The topological polar surface area (TPSA) is 106 Å². The van der Waals surface area contributed by atoms with Crippen LogP contribution >= 0.6 is 0 Å². The van der Waals surface area contributed by atoms with Gasteiger partial charge in [0.05, 0.1) is 6.42 Å². The van der Waals surface area contributed by atoms with E-state index >= 15 is 0 Å². The molecule has 2 amide bonds. The summed E-state index contributed by atoms with van der Waals surface area (Å²) in [5.74, 6) is 0.182. The van der Waals surface area contributed by atoms with Gasteiger partial charge in [-0.25, -0.2) is 4.68 Å². The van der Waals surface area contributed by atoms with Crippen LogP contribution in [-0.4, -0.2) is 32.4 Å². The number of fused-ring (bicyclic) bond motifs is 1.